The molecule has 0 saturated carbocycles. The van der Waals surface area contributed by atoms with Crippen molar-refractivity contribution in [1.29, 1.82) is 0 Å². The molecule has 0 amide bonds. The number of pyridine rings is 3. The maximum Gasteiger partial charge on any atom is 0.236 e. The summed E-state index contributed by atoms with van der Waals surface area (Å²) in [4.78, 5) is 38.1. The number of thiophene rings is 1. The predicted octanol–water partition coefficient (Wildman–Crippen LogP) is 6.06. The lowest BCUT2D eigenvalue weighted by molar-refractivity contribution is 0.0924. The van der Waals surface area contributed by atoms with E-state index in [0.717, 1.165) is 48.2 Å². The van der Waals surface area contributed by atoms with Gasteiger partial charge in [0, 0.05) is 34.9 Å². The van der Waals surface area contributed by atoms with Gasteiger partial charge in [-0.3, -0.25) is 29.5 Å². The first kappa shape index (κ1) is 21.8. The fourth-order valence-corrected chi connectivity index (χ4v) is 6.03. The van der Waals surface area contributed by atoms with Crippen LogP contribution < -0.4 is 0 Å². The predicted molar refractivity (Wildman–Crippen MR) is 153 cm³/mol. The van der Waals surface area contributed by atoms with Crippen LogP contribution in [0.4, 0.5) is 0 Å². The third kappa shape index (κ3) is 3.53. The van der Waals surface area contributed by atoms with Crippen LogP contribution in [0, 0.1) is 0 Å². The molecule has 0 unspecified atom stereocenters. The molecule has 0 spiro atoms. The Hall–Kier alpha value is -5.22. The molecule has 6 aromatic rings. The highest BCUT2D eigenvalue weighted by Gasteiger charge is 2.16. The van der Waals surface area contributed by atoms with Gasteiger partial charge >= 0.3 is 0 Å². The summed E-state index contributed by atoms with van der Waals surface area (Å²) in [7, 11) is 0. The second-order valence-corrected chi connectivity index (χ2v) is 10.3. The molecule has 10 heteroatoms. The number of carbonyl (C=O) groups is 1. The Kier molecular flexibility index (Phi) is 4.70. The van der Waals surface area contributed by atoms with E-state index in [2.05, 4.69) is 25.1 Å². The molecule has 8 bridgehead atoms. The molecule has 0 radical (unpaired) electrons. The second-order valence-electron chi connectivity index (χ2n) is 9.28. The topological polar surface area (TPSA) is 118 Å². The Morgan fingerprint density at radius 3 is 2.69 bits per heavy atom. The van der Waals surface area contributed by atoms with Crippen LogP contribution in [0.2, 0.25) is 0 Å². The summed E-state index contributed by atoms with van der Waals surface area (Å²) in [5.41, 5.74) is 6.63. The SMILES string of the molecule is O=C(Cc1ccccc1)n1c2cncc(c2)c2cnc3[nH][nH]c(c4nc5ccnc(c6ccc1s6)c5n4)-c3c2. The van der Waals surface area contributed by atoms with Crippen molar-refractivity contribution in [1.82, 2.24) is 39.7 Å². The zero-order valence-electron chi connectivity index (χ0n) is 20.3. The fraction of sp³-hybridized carbons (Fsp3) is 0.0345. The normalized spacial score (nSPS) is 11.8. The van der Waals surface area contributed by atoms with Gasteiger partial charge in [-0.25, -0.2) is 15.0 Å². The molecule has 5 aromatic heterocycles. The van der Waals surface area contributed by atoms with Crippen molar-refractivity contribution < 1.29 is 4.79 Å². The minimum absolute atomic E-state index is 0.0597. The third-order valence-corrected chi connectivity index (χ3v) is 7.92. The highest BCUT2D eigenvalue weighted by Crippen LogP contribution is 2.31. The minimum Gasteiger partial charge on any atom is -0.295 e. The van der Waals surface area contributed by atoms with E-state index in [9.17, 15) is 4.79 Å². The summed E-state index contributed by atoms with van der Waals surface area (Å²) in [6.07, 6.45) is 7.28. The number of imidazole rings is 1. The summed E-state index contributed by atoms with van der Waals surface area (Å²) in [5.74, 6) is -0.0597. The number of carbonyl (C=O) groups excluding carboxylic acids is 1. The monoisotopic (exact) mass is 526 g/mol. The van der Waals surface area contributed by atoms with Gasteiger partial charge in [-0.15, -0.1) is 11.3 Å². The summed E-state index contributed by atoms with van der Waals surface area (Å²) in [6.45, 7) is 0. The summed E-state index contributed by atoms with van der Waals surface area (Å²) >= 11 is 1.48. The van der Waals surface area contributed by atoms with Gasteiger partial charge in [-0.05, 0) is 35.9 Å². The summed E-state index contributed by atoms with van der Waals surface area (Å²) in [6, 6.07) is 19.5. The molecule has 7 heterocycles. The first-order valence-electron chi connectivity index (χ1n) is 12.3. The van der Waals surface area contributed by atoms with Crippen molar-refractivity contribution in [3.63, 3.8) is 0 Å². The number of nitrogens with one attached hydrogen (secondary N) is 2. The van der Waals surface area contributed by atoms with E-state index in [1.54, 1.807) is 29.4 Å². The number of fused-ring (bicyclic) bond motifs is 9. The average molecular weight is 527 g/mol. The molecule has 39 heavy (non-hydrogen) atoms. The first-order valence-corrected chi connectivity index (χ1v) is 13.1. The Labute approximate surface area is 223 Å². The lowest BCUT2D eigenvalue weighted by atomic mass is 10.1. The van der Waals surface area contributed by atoms with E-state index in [4.69, 9.17) is 9.97 Å². The highest BCUT2D eigenvalue weighted by atomic mass is 32.1. The molecule has 0 aliphatic carbocycles. The zero-order chi connectivity index (χ0) is 25.9. The first-order chi connectivity index (χ1) is 19.2. The third-order valence-electron chi connectivity index (χ3n) is 6.84. The number of rotatable bonds is 2. The molecule has 0 fully saturated rings. The van der Waals surface area contributed by atoms with Crippen LogP contribution in [0.15, 0.2) is 85.5 Å². The minimum atomic E-state index is -0.0597. The van der Waals surface area contributed by atoms with Gasteiger partial charge in [0.15, 0.2) is 11.3 Å². The fourth-order valence-electron chi connectivity index (χ4n) is 4.99. The van der Waals surface area contributed by atoms with Crippen LogP contribution in [-0.2, 0) is 6.42 Å². The number of aromatic amines is 2. The lowest BCUT2D eigenvalue weighted by Gasteiger charge is -2.08. The smallest absolute Gasteiger partial charge is 0.236 e. The average Bonchev–Trinajstić information content (AvgIpc) is 3.71. The Bertz CT molecular complexity index is 2240. The standard InChI is InChI=1S/C29H18N8OS/c38-23(10-16-4-2-1-3-5-16)37-19-11-17(13-30-15-19)18-12-20-25(35-36-28(20)32-14-18)29-33-21-8-9-31-27(26(21)34-29)22-6-7-24(37)39-22/h1-9,11-15,35H,10H2,(H,32,36). The van der Waals surface area contributed by atoms with Gasteiger partial charge in [0.1, 0.15) is 21.6 Å². The van der Waals surface area contributed by atoms with Crippen LogP contribution in [0.1, 0.15) is 10.4 Å². The highest BCUT2D eigenvalue weighted by molar-refractivity contribution is 7.24. The number of benzene rings is 1. The number of nitrogens with zero attached hydrogens (tertiary/aromatic N) is 6. The van der Waals surface area contributed by atoms with Crippen molar-refractivity contribution in [2.24, 2.45) is 0 Å². The molecular weight excluding hydrogens is 508 g/mol. The van der Waals surface area contributed by atoms with E-state index in [1.807, 2.05) is 60.7 Å². The molecule has 2 aliphatic rings. The Morgan fingerprint density at radius 2 is 1.77 bits per heavy atom. The molecule has 8 rings (SSSR count). The van der Waals surface area contributed by atoms with Crippen molar-refractivity contribution in [2.45, 2.75) is 6.42 Å². The van der Waals surface area contributed by atoms with E-state index < -0.39 is 0 Å². The van der Waals surface area contributed by atoms with Gasteiger partial charge in [0.2, 0.25) is 5.91 Å². The van der Waals surface area contributed by atoms with Crippen molar-refractivity contribution in [3.05, 3.63) is 91.0 Å². The van der Waals surface area contributed by atoms with Gasteiger partial charge < -0.3 is 0 Å². The van der Waals surface area contributed by atoms with Crippen LogP contribution in [0.5, 0.6) is 0 Å². The Morgan fingerprint density at radius 1 is 0.872 bits per heavy atom. The van der Waals surface area contributed by atoms with Crippen LogP contribution in [0.3, 0.4) is 0 Å². The molecule has 0 atom stereocenters. The van der Waals surface area contributed by atoms with Gasteiger partial charge in [-0.2, -0.15) is 0 Å². The van der Waals surface area contributed by atoms with E-state index >= 15 is 0 Å². The van der Waals surface area contributed by atoms with Gasteiger partial charge in [0.05, 0.1) is 28.4 Å². The number of hydrogen-bond acceptors (Lipinski definition) is 7. The number of H-pyrrole nitrogens is 2. The summed E-state index contributed by atoms with van der Waals surface area (Å²) in [5, 5.41) is 8.02. The molecule has 0 saturated heterocycles. The van der Waals surface area contributed by atoms with Gasteiger partial charge in [-0.1, -0.05) is 30.3 Å². The molecule has 1 aromatic carbocycles. The van der Waals surface area contributed by atoms with E-state index in [1.165, 1.54) is 11.3 Å². The largest absolute Gasteiger partial charge is 0.295 e. The summed E-state index contributed by atoms with van der Waals surface area (Å²) < 4.78 is 2.63. The van der Waals surface area contributed by atoms with Crippen molar-refractivity contribution >= 4 is 70.9 Å². The van der Waals surface area contributed by atoms with E-state index in [0.29, 0.717) is 22.3 Å². The zero-order valence-corrected chi connectivity index (χ0v) is 21.1. The molecule has 186 valence electrons. The lowest BCUT2D eigenvalue weighted by Crippen LogP contribution is -2.14. The van der Waals surface area contributed by atoms with E-state index in [-0.39, 0.29) is 12.3 Å². The maximum atomic E-state index is 13.9. The number of hydrogen-bond donors (Lipinski definition) is 2. The maximum absolute atomic E-state index is 13.9. The molecule has 2 aliphatic heterocycles. The van der Waals surface area contributed by atoms with Gasteiger partial charge in [0.25, 0.3) is 0 Å². The van der Waals surface area contributed by atoms with Crippen molar-refractivity contribution in [2.75, 3.05) is 0 Å². The molecule has 9 nitrogen and oxygen atoms in total. The molecule has 2 N–H and O–H groups in total. The van der Waals surface area contributed by atoms with Crippen LogP contribution in [-0.4, -0.2) is 45.6 Å². The Balaban J connectivity index is 1.52. The molecular formula is C29H18N8OS. The quantitative estimate of drug-likeness (QED) is 0.283. The van der Waals surface area contributed by atoms with Crippen LogP contribution >= 0.6 is 11.3 Å². The number of aromatic nitrogens is 8. The van der Waals surface area contributed by atoms with Crippen LogP contribution in [0.25, 0.3) is 64.9 Å². The second kappa shape index (κ2) is 8.40. The van der Waals surface area contributed by atoms with Crippen molar-refractivity contribution in [3.8, 4) is 11.3 Å².